The summed E-state index contributed by atoms with van der Waals surface area (Å²) in [4.78, 5) is 23.1. The molecule has 1 aromatic carbocycles. The van der Waals surface area contributed by atoms with Crippen molar-refractivity contribution < 1.29 is 36.8 Å². The second-order valence-corrected chi connectivity index (χ2v) is 5.79. The number of carbonyl (C=O) groups is 2. The Bertz CT molecular complexity index is 622. The standard InChI is InChI=1S/C13H16O8S.Na.H/c1-19-12(14)9-6-10(13(15)20-2)8-11(7-9)21-4-3-5-22(16,17)18;;/h6-8H,3-5H2,1-2H3,(H,16,17,18);;. The Balaban J connectivity index is 0.00000484. The van der Waals surface area contributed by atoms with Gasteiger partial charge >= 0.3 is 41.5 Å². The zero-order chi connectivity index (χ0) is 16.8. The molecule has 0 bridgehead atoms. The van der Waals surface area contributed by atoms with Crippen LogP contribution in [-0.2, 0) is 19.6 Å². The van der Waals surface area contributed by atoms with E-state index < -0.39 is 27.8 Å². The molecule has 124 valence electrons. The molecule has 0 spiro atoms. The summed E-state index contributed by atoms with van der Waals surface area (Å²) in [5, 5.41) is 0. The molecule has 1 rings (SSSR count). The molecule has 0 saturated carbocycles. The van der Waals surface area contributed by atoms with Gasteiger partial charge in [-0.15, -0.1) is 0 Å². The van der Waals surface area contributed by atoms with Crippen molar-refractivity contribution >= 4 is 51.6 Å². The first-order valence-electron chi connectivity index (χ1n) is 6.16. The van der Waals surface area contributed by atoms with Crippen molar-refractivity contribution in [3.05, 3.63) is 29.3 Å². The van der Waals surface area contributed by atoms with Gasteiger partial charge in [0.15, 0.2) is 0 Å². The van der Waals surface area contributed by atoms with Crippen molar-refractivity contribution in [1.82, 2.24) is 0 Å². The summed E-state index contributed by atoms with van der Waals surface area (Å²) in [5.74, 6) is -1.59. The number of benzene rings is 1. The molecular weight excluding hydrogens is 339 g/mol. The molecule has 0 aromatic heterocycles. The number of rotatable bonds is 7. The minimum atomic E-state index is -4.06. The van der Waals surface area contributed by atoms with Crippen LogP contribution in [0.25, 0.3) is 0 Å². The van der Waals surface area contributed by atoms with E-state index in [1.807, 2.05) is 0 Å². The summed E-state index contributed by atoms with van der Waals surface area (Å²) in [5.41, 5.74) is 0.186. The molecule has 0 heterocycles. The van der Waals surface area contributed by atoms with Gasteiger partial charge < -0.3 is 14.2 Å². The van der Waals surface area contributed by atoms with Gasteiger partial charge in [-0.25, -0.2) is 9.59 Å². The molecule has 0 aliphatic carbocycles. The summed E-state index contributed by atoms with van der Waals surface area (Å²) < 4.78 is 44.2. The Morgan fingerprint density at radius 3 is 1.91 bits per heavy atom. The molecule has 0 unspecified atom stereocenters. The fourth-order valence-corrected chi connectivity index (χ4v) is 2.07. The first-order valence-corrected chi connectivity index (χ1v) is 7.77. The molecule has 10 heteroatoms. The van der Waals surface area contributed by atoms with Crippen LogP contribution < -0.4 is 4.74 Å². The van der Waals surface area contributed by atoms with Crippen LogP contribution in [-0.4, -0.2) is 81.0 Å². The van der Waals surface area contributed by atoms with E-state index in [0.29, 0.717) is 0 Å². The molecule has 0 saturated heterocycles. The third-order valence-corrected chi connectivity index (χ3v) is 3.37. The number of esters is 2. The maximum atomic E-state index is 11.5. The number of ether oxygens (including phenoxy) is 3. The Hall–Kier alpha value is -1.13. The zero-order valence-electron chi connectivity index (χ0n) is 12.1. The third kappa shape index (κ3) is 7.80. The summed E-state index contributed by atoms with van der Waals surface area (Å²) in [6, 6.07) is 4.00. The number of carbonyl (C=O) groups excluding carboxylic acids is 2. The van der Waals surface area contributed by atoms with Gasteiger partial charge in [-0.1, -0.05) is 0 Å². The van der Waals surface area contributed by atoms with E-state index >= 15 is 0 Å². The average Bonchev–Trinajstić information content (AvgIpc) is 2.48. The van der Waals surface area contributed by atoms with Crippen LogP contribution in [0.1, 0.15) is 27.1 Å². The van der Waals surface area contributed by atoms with E-state index in [9.17, 15) is 18.0 Å². The molecule has 0 radical (unpaired) electrons. The first kappa shape index (κ1) is 21.9. The Labute approximate surface area is 156 Å². The molecule has 1 N–H and O–H groups in total. The van der Waals surface area contributed by atoms with E-state index in [-0.39, 0.29) is 59.5 Å². The van der Waals surface area contributed by atoms with Gasteiger partial charge in [0.2, 0.25) is 0 Å². The maximum absolute atomic E-state index is 11.5. The third-order valence-electron chi connectivity index (χ3n) is 2.56. The quantitative estimate of drug-likeness (QED) is 0.320. The first-order chi connectivity index (χ1) is 10.3. The molecule has 8 nitrogen and oxygen atoms in total. The van der Waals surface area contributed by atoms with Crippen molar-refractivity contribution in [3.63, 3.8) is 0 Å². The molecule has 0 atom stereocenters. The predicted octanol–water partition coefficient (Wildman–Crippen LogP) is 0.268. The Kier molecular flexibility index (Phi) is 9.40. The van der Waals surface area contributed by atoms with Crippen LogP contribution >= 0.6 is 0 Å². The summed E-state index contributed by atoms with van der Waals surface area (Å²) in [7, 11) is -1.67. The summed E-state index contributed by atoms with van der Waals surface area (Å²) in [6.45, 7) is -0.0228. The predicted molar refractivity (Wildman–Crippen MR) is 82.8 cm³/mol. The van der Waals surface area contributed by atoms with Gasteiger partial charge in [0, 0.05) is 0 Å². The normalized spacial score (nSPS) is 10.4. The molecular formula is C13H17NaO8S. The van der Waals surface area contributed by atoms with Crippen molar-refractivity contribution in [2.24, 2.45) is 0 Å². The van der Waals surface area contributed by atoms with Gasteiger partial charge in [-0.3, -0.25) is 4.55 Å². The van der Waals surface area contributed by atoms with Crippen molar-refractivity contribution in [1.29, 1.82) is 0 Å². The van der Waals surface area contributed by atoms with Crippen LogP contribution in [0.3, 0.4) is 0 Å². The van der Waals surface area contributed by atoms with Crippen molar-refractivity contribution in [2.75, 3.05) is 26.6 Å². The Morgan fingerprint density at radius 1 is 1.04 bits per heavy atom. The van der Waals surface area contributed by atoms with Gasteiger partial charge in [0.1, 0.15) is 5.75 Å². The zero-order valence-corrected chi connectivity index (χ0v) is 12.9. The van der Waals surface area contributed by atoms with Crippen LogP contribution in [0.4, 0.5) is 0 Å². The molecule has 0 amide bonds. The summed E-state index contributed by atoms with van der Waals surface area (Å²) >= 11 is 0. The van der Waals surface area contributed by atoms with Crippen LogP contribution in [0.2, 0.25) is 0 Å². The van der Waals surface area contributed by atoms with Crippen molar-refractivity contribution in [2.45, 2.75) is 6.42 Å². The van der Waals surface area contributed by atoms with E-state index in [0.717, 1.165) is 0 Å². The molecule has 0 fully saturated rings. The van der Waals surface area contributed by atoms with Crippen molar-refractivity contribution in [3.8, 4) is 5.75 Å². The minimum absolute atomic E-state index is 0. The Morgan fingerprint density at radius 2 is 1.52 bits per heavy atom. The molecule has 1 aromatic rings. The van der Waals surface area contributed by atoms with Crippen LogP contribution in [0.5, 0.6) is 5.75 Å². The topological polar surface area (TPSA) is 116 Å². The molecule has 0 aliphatic heterocycles. The monoisotopic (exact) mass is 356 g/mol. The van der Waals surface area contributed by atoms with Gasteiger partial charge in [-0.2, -0.15) is 8.42 Å². The van der Waals surface area contributed by atoms with E-state index in [1.165, 1.54) is 32.4 Å². The fraction of sp³-hybridized carbons (Fsp3) is 0.385. The van der Waals surface area contributed by atoms with Crippen LogP contribution in [0, 0.1) is 0 Å². The van der Waals surface area contributed by atoms with Gasteiger partial charge in [0.05, 0.1) is 37.7 Å². The second kappa shape index (κ2) is 9.89. The van der Waals surface area contributed by atoms with Gasteiger partial charge in [0.25, 0.3) is 10.1 Å². The summed E-state index contributed by atoms with van der Waals surface area (Å²) in [6.07, 6.45) is 0.0504. The molecule has 0 aliphatic rings. The van der Waals surface area contributed by atoms with E-state index in [4.69, 9.17) is 9.29 Å². The average molecular weight is 356 g/mol. The number of methoxy groups -OCH3 is 2. The van der Waals surface area contributed by atoms with E-state index in [2.05, 4.69) is 9.47 Å². The second-order valence-electron chi connectivity index (χ2n) is 4.22. The molecule has 23 heavy (non-hydrogen) atoms. The fourth-order valence-electron chi connectivity index (χ4n) is 1.59. The SMILES string of the molecule is COC(=O)c1cc(OCCCS(=O)(=O)O)cc(C(=O)OC)c1.[NaH]. The number of hydrogen-bond donors (Lipinski definition) is 1. The van der Waals surface area contributed by atoms with E-state index in [1.54, 1.807) is 0 Å². The van der Waals surface area contributed by atoms with Gasteiger partial charge in [-0.05, 0) is 24.6 Å². The number of hydrogen-bond acceptors (Lipinski definition) is 7. The van der Waals surface area contributed by atoms with Crippen LogP contribution in [0.15, 0.2) is 18.2 Å².